The van der Waals surface area contributed by atoms with Crippen LogP contribution in [0.25, 0.3) is 0 Å². The molecule has 1 amide bonds. The molecule has 0 aliphatic rings. The number of carbonyl (C=O) groups excluding carboxylic acids is 2. The Morgan fingerprint density at radius 2 is 0.852 bits per heavy atom. The maximum Gasteiger partial charge on any atom is 0.306 e. The van der Waals surface area contributed by atoms with Crippen LogP contribution in [0.4, 0.5) is 0 Å². The first kappa shape index (κ1) is 58.6. The topological polar surface area (TPSA) is 95.9 Å². The van der Waals surface area contributed by atoms with Crippen LogP contribution in [-0.4, -0.2) is 46.9 Å². The summed E-state index contributed by atoms with van der Waals surface area (Å²) in [5.74, 6) is -0.545. The van der Waals surface area contributed by atoms with Crippen molar-refractivity contribution in [2.75, 3.05) is 6.61 Å². The summed E-state index contributed by atoms with van der Waals surface area (Å²) in [5, 5.41) is 23.7. The molecular formula is C55H99NO5. The molecular weight excluding hydrogens is 755 g/mol. The molecule has 0 aliphatic carbocycles. The minimum Gasteiger partial charge on any atom is -0.462 e. The molecule has 0 aromatic rings. The summed E-state index contributed by atoms with van der Waals surface area (Å²) < 4.78 is 5.90. The fourth-order valence-electron chi connectivity index (χ4n) is 7.59. The Bertz CT molecular complexity index is 1090. The van der Waals surface area contributed by atoms with E-state index in [4.69, 9.17) is 4.74 Å². The molecule has 0 saturated heterocycles. The summed E-state index contributed by atoms with van der Waals surface area (Å²) in [5.41, 5.74) is 0. The number of hydrogen-bond acceptors (Lipinski definition) is 5. The Labute approximate surface area is 378 Å². The molecule has 3 unspecified atom stereocenters. The smallest absolute Gasteiger partial charge is 0.306 e. The maximum absolute atomic E-state index is 13.2. The summed E-state index contributed by atoms with van der Waals surface area (Å²) in [7, 11) is 0. The van der Waals surface area contributed by atoms with Crippen LogP contribution in [0.15, 0.2) is 60.8 Å². The van der Waals surface area contributed by atoms with Gasteiger partial charge in [-0.1, -0.05) is 210 Å². The van der Waals surface area contributed by atoms with Crippen molar-refractivity contribution in [3.8, 4) is 0 Å². The molecule has 61 heavy (non-hydrogen) atoms. The second-order valence-electron chi connectivity index (χ2n) is 17.6. The van der Waals surface area contributed by atoms with E-state index in [1.54, 1.807) is 0 Å². The third-order valence-electron chi connectivity index (χ3n) is 11.6. The number of rotatable bonds is 46. The molecule has 0 saturated carbocycles. The van der Waals surface area contributed by atoms with Gasteiger partial charge >= 0.3 is 5.97 Å². The van der Waals surface area contributed by atoms with Gasteiger partial charge in [0, 0.05) is 6.42 Å². The van der Waals surface area contributed by atoms with Crippen molar-refractivity contribution >= 4 is 11.9 Å². The highest BCUT2D eigenvalue weighted by molar-refractivity contribution is 5.77. The molecule has 354 valence electrons. The molecule has 3 atom stereocenters. The van der Waals surface area contributed by atoms with Crippen LogP contribution >= 0.6 is 0 Å². The SMILES string of the molecule is CCCCC/C=C\C/C=C\C/C=C\C/C=C\CCCC(CC(=O)NC(CO)C(O)CCCCCCCCCCCCC)OC(=O)CCCCC/C=C\CCCCCCCCC. The number of hydrogen-bond donors (Lipinski definition) is 3. The lowest BCUT2D eigenvalue weighted by atomic mass is 10.0. The van der Waals surface area contributed by atoms with Crippen LogP contribution in [-0.2, 0) is 14.3 Å². The van der Waals surface area contributed by atoms with Gasteiger partial charge in [-0.3, -0.25) is 9.59 Å². The summed E-state index contributed by atoms with van der Waals surface area (Å²) in [6.07, 6.45) is 59.9. The first-order chi connectivity index (χ1) is 30.0. The van der Waals surface area contributed by atoms with E-state index in [2.05, 4.69) is 86.8 Å². The van der Waals surface area contributed by atoms with Gasteiger partial charge in [0.1, 0.15) is 6.10 Å². The van der Waals surface area contributed by atoms with Gasteiger partial charge in [0.2, 0.25) is 5.91 Å². The van der Waals surface area contributed by atoms with E-state index < -0.39 is 18.2 Å². The van der Waals surface area contributed by atoms with Crippen LogP contribution in [0.5, 0.6) is 0 Å². The highest BCUT2D eigenvalue weighted by atomic mass is 16.5. The van der Waals surface area contributed by atoms with Gasteiger partial charge < -0.3 is 20.3 Å². The molecule has 0 aliphatic heterocycles. The number of aliphatic hydroxyl groups is 2. The molecule has 6 nitrogen and oxygen atoms in total. The lowest BCUT2D eigenvalue weighted by Gasteiger charge is -2.24. The number of allylic oxidation sites excluding steroid dienone is 10. The maximum atomic E-state index is 13.2. The number of carbonyl (C=O) groups is 2. The molecule has 0 rings (SSSR count). The molecule has 0 bridgehead atoms. The summed E-state index contributed by atoms with van der Waals surface area (Å²) in [4.78, 5) is 26.1. The molecule has 6 heteroatoms. The van der Waals surface area contributed by atoms with Crippen LogP contribution in [0.1, 0.15) is 252 Å². The van der Waals surface area contributed by atoms with Crippen molar-refractivity contribution in [1.82, 2.24) is 5.32 Å². The van der Waals surface area contributed by atoms with Crippen molar-refractivity contribution in [2.24, 2.45) is 0 Å². The van der Waals surface area contributed by atoms with E-state index in [-0.39, 0.29) is 24.9 Å². The molecule has 3 N–H and O–H groups in total. The molecule has 0 heterocycles. The van der Waals surface area contributed by atoms with E-state index in [0.717, 1.165) is 83.5 Å². The van der Waals surface area contributed by atoms with Crippen molar-refractivity contribution in [3.05, 3.63) is 60.8 Å². The quantitative estimate of drug-likeness (QED) is 0.0322. The predicted octanol–water partition coefficient (Wildman–Crippen LogP) is 15.6. The zero-order chi connectivity index (χ0) is 44.5. The van der Waals surface area contributed by atoms with Crippen LogP contribution < -0.4 is 5.32 Å². The Balaban J connectivity index is 4.72. The average molecular weight is 854 g/mol. The number of ether oxygens (including phenoxy) is 1. The summed E-state index contributed by atoms with van der Waals surface area (Å²) in [6.45, 7) is 6.43. The number of nitrogens with one attached hydrogen (secondary N) is 1. The zero-order valence-electron chi connectivity index (χ0n) is 40.3. The standard InChI is InChI=1S/C55H99NO5/c1-4-7-10-13-16-19-22-24-26-27-28-29-32-34-37-40-43-46-51(61-55(60)48-45-42-39-36-33-30-25-23-20-17-14-11-8-5-2)49-54(59)56-52(50-57)53(58)47-44-41-38-35-31-21-18-15-12-9-6-3/h16,19,24,26,28-30,33-34,37,51-53,57-58H,4-15,17-18,20-23,25,27,31-32,35-36,38-50H2,1-3H3,(H,56,59)/b19-16-,26-24-,29-28-,33-30-,37-34-. The number of amides is 1. The lowest BCUT2D eigenvalue weighted by Crippen LogP contribution is -2.46. The van der Waals surface area contributed by atoms with Gasteiger partial charge in [-0.05, 0) is 89.9 Å². The highest BCUT2D eigenvalue weighted by Crippen LogP contribution is 2.16. The minimum atomic E-state index is -0.804. The van der Waals surface area contributed by atoms with E-state index in [1.165, 1.54) is 122 Å². The van der Waals surface area contributed by atoms with Crippen LogP contribution in [0, 0.1) is 0 Å². The van der Waals surface area contributed by atoms with Crippen molar-refractivity contribution < 1.29 is 24.5 Å². The molecule has 0 spiro atoms. The first-order valence-electron chi connectivity index (χ1n) is 26.0. The summed E-state index contributed by atoms with van der Waals surface area (Å²) >= 11 is 0. The minimum absolute atomic E-state index is 0.0333. The third kappa shape index (κ3) is 44.0. The van der Waals surface area contributed by atoms with Gasteiger partial charge in [-0.2, -0.15) is 0 Å². The van der Waals surface area contributed by atoms with E-state index in [9.17, 15) is 19.8 Å². The Kier molecular flexibility index (Phi) is 46.6. The van der Waals surface area contributed by atoms with Gasteiger partial charge in [-0.25, -0.2) is 0 Å². The molecule has 0 aromatic carbocycles. The van der Waals surface area contributed by atoms with Gasteiger partial charge in [0.25, 0.3) is 0 Å². The zero-order valence-corrected chi connectivity index (χ0v) is 40.3. The highest BCUT2D eigenvalue weighted by Gasteiger charge is 2.24. The second-order valence-corrected chi connectivity index (χ2v) is 17.6. The monoisotopic (exact) mass is 854 g/mol. The van der Waals surface area contributed by atoms with Crippen LogP contribution in [0.2, 0.25) is 0 Å². The number of esters is 1. The normalized spacial score (nSPS) is 13.7. The lowest BCUT2D eigenvalue weighted by molar-refractivity contribution is -0.151. The number of unbranched alkanes of at least 4 members (excludes halogenated alkanes) is 24. The Hall–Kier alpha value is -2.44. The average Bonchev–Trinajstić information content (AvgIpc) is 3.25. The molecule has 0 radical (unpaired) electrons. The fraction of sp³-hybridized carbons (Fsp3) is 0.782. The molecule has 0 fully saturated rings. The second kappa shape index (κ2) is 48.6. The number of aliphatic hydroxyl groups excluding tert-OH is 2. The van der Waals surface area contributed by atoms with E-state index >= 15 is 0 Å². The largest absolute Gasteiger partial charge is 0.462 e. The Morgan fingerprint density at radius 3 is 1.34 bits per heavy atom. The van der Waals surface area contributed by atoms with E-state index in [0.29, 0.717) is 19.3 Å². The third-order valence-corrected chi connectivity index (χ3v) is 11.6. The fourth-order valence-corrected chi connectivity index (χ4v) is 7.59. The van der Waals surface area contributed by atoms with Crippen LogP contribution in [0.3, 0.4) is 0 Å². The van der Waals surface area contributed by atoms with Gasteiger partial charge in [-0.15, -0.1) is 0 Å². The predicted molar refractivity (Wildman–Crippen MR) is 264 cm³/mol. The van der Waals surface area contributed by atoms with Gasteiger partial charge in [0.15, 0.2) is 0 Å². The molecule has 0 aromatic heterocycles. The van der Waals surface area contributed by atoms with Crippen molar-refractivity contribution in [1.29, 1.82) is 0 Å². The Morgan fingerprint density at radius 1 is 0.475 bits per heavy atom. The van der Waals surface area contributed by atoms with Crippen molar-refractivity contribution in [3.63, 3.8) is 0 Å². The van der Waals surface area contributed by atoms with E-state index in [1.807, 2.05) is 0 Å². The van der Waals surface area contributed by atoms with Gasteiger partial charge in [0.05, 0.1) is 25.2 Å². The van der Waals surface area contributed by atoms with Crippen molar-refractivity contribution in [2.45, 2.75) is 270 Å². The first-order valence-corrected chi connectivity index (χ1v) is 26.0. The summed E-state index contributed by atoms with van der Waals surface area (Å²) in [6, 6.07) is -0.722.